The SMILES string of the molecule is O=c1n(C(c2ccncc2)C2CNCCO2)cc(O)n1-c1ccc(SC(F)(F)F)cc1. The summed E-state index contributed by atoms with van der Waals surface area (Å²) in [5.41, 5.74) is -3.91. The van der Waals surface area contributed by atoms with Crippen LogP contribution < -0.4 is 11.0 Å². The molecule has 2 atom stereocenters. The fourth-order valence-electron chi connectivity index (χ4n) is 3.59. The maximum atomic E-state index is 13.3. The fraction of sp³-hybridized carbons (Fsp3) is 0.300. The Balaban J connectivity index is 1.73. The van der Waals surface area contributed by atoms with E-state index >= 15 is 0 Å². The smallest absolute Gasteiger partial charge is 0.446 e. The van der Waals surface area contributed by atoms with E-state index in [1.54, 1.807) is 24.5 Å². The first-order valence-corrected chi connectivity index (χ1v) is 10.3. The number of morpholine rings is 1. The molecule has 11 heteroatoms. The minimum atomic E-state index is -4.41. The first kappa shape index (κ1) is 21.5. The topological polar surface area (TPSA) is 81.3 Å². The van der Waals surface area contributed by atoms with Crippen molar-refractivity contribution in [1.29, 1.82) is 0 Å². The van der Waals surface area contributed by atoms with E-state index in [4.69, 9.17) is 4.74 Å². The summed E-state index contributed by atoms with van der Waals surface area (Å²) in [6.45, 7) is 1.68. The molecule has 1 aliphatic rings. The number of thioether (sulfide) groups is 1. The highest BCUT2D eigenvalue weighted by Crippen LogP contribution is 2.37. The van der Waals surface area contributed by atoms with E-state index in [-0.39, 0.29) is 34.3 Å². The van der Waals surface area contributed by atoms with Crippen LogP contribution in [0.2, 0.25) is 0 Å². The van der Waals surface area contributed by atoms with E-state index in [9.17, 15) is 23.1 Å². The molecule has 0 radical (unpaired) electrons. The van der Waals surface area contributed by atoms with Crippen LogP contribution in [-0.4, -0.2) is 50.5 Å². The maximum Gasteiger partial charge on any atom is 0.446 e. The molecule has 1 saturated heterocycles. The molecule has 2 N–H and O–H groups in total. The number of nitrogens with one attached hydrogen (secondary N) is 1. The summed E-state index contributed by atoms with van der Waals surface area (Å²) < 4.78 is 46.0. The van der Waals surface area contributed by atoms with E-state index in [0.29, 0.717) is 19.7 Å². The lowest BCUT2D eigenvalue weighted by Crippen LogP contribution is -2.45. The van der Waals surface area contributed by atoms with E-state index in [1.165, 1.54) is 35.0 Å². The Kier molecular flexibility index (Phi) is 6.08. The lowest BCUT2D eigenvalue weighted by Gasteiger charge is -2.31. The third kappa shape index (κ3) is 4.78. The first-order valence-electron chi connectivity index (χ1n) is 9.45. The molecule has 0 aliphatic carbocycles. The third-order valence-corrected chi connectivity index (χ3v) is 5.62. The Morgan fingerprint density at radius 2 is 1.90 bits per heavy atom. The molecule has 2 unspecified atom stereocenters. The highest BCUT2D eigenvalue weighted by molar-refractivity contribution is 8.00. The van der Waals surface area contributed by atoms with E-state index in [0.717, 1.165) is 10.1 Å². The average molecular weight is 452 g/mol. The number of nitrogens with zero attached hydrogens (tertiary/aromatic N) is 3. The standard InChI is InChI=1S/C20H19F3N4O3S/c21-20(22,23)31-15-3-1-14(2-4-15)27-17(28)12-26(19(27)29)18(13-5-7-24-8-6-13)16-11-25-9-10-30-16/h1-8,12,16,18,25,28H,9-11H2. The molecule has 0 saturated carbocycles. The number of hydrogen-bond acceptors (Lipinski definition) is 6. The summed E-state index contributed by atoms with van der Waals surface area (Å²) in [6.07, 6.45) is 4.16. The summed E-state index contributed by atoms with van der Waals surface area (Å²) in [4.78, 5) is 17.2. The van der Waals surface area contributed by atoms with Crippen LogP contribution in [0.3, 0.4) is 0 Å². The van der Waals surface area contributed by atoms with Gasteiger partial charge in [0, 0.05) is 30.4 Å². The van der Waals surface area contributed by atoms with Crippen molar-refractivity contribution in [3.05, 3.63) is 71.0 Å². The van der Waals surface area contributed by atoms with Gasteiger partial charge in [0.1, 0.15) is 0 Å². The molecule has 1 aromatic carbocycles. The molecule has 1 fully saturated rings. The number of ether oxygens (including phenoxy) is 1. The van der Waals surface area contributed by atoms with Crippen LogP contribution >= 0.6 is 11.8 Å². The van der Waals surface area contributed by atoms with E-state index in [2.05, 4.69) is 10.3 Å². The summed E-state index contributed by atoms with van der Waals surface area (Å²) >= 11 is -0.245. The van der Waals surface area contributed by atoms with Gasteiger partial charge in [-0.1, -0.05) is 0 Å². The molecule has 0 amide bonds. The van der Waals surface area contributed by atoms with Crippen molar-refractivity contribution in [2.75, 3.05) is 19.7 Å². The Morgan fingerprint density at radius 1 is 1.19 bits per heavy atom. The highest BCUT2D eigenvalue weighted by atomic mass is 32.2. The van der Waals surface area contributed by atoms with E-state index in [1.807, 2.05) is 0 Å². The lowest BCUT2D eigenvalue weighted by atomic mass is 10.0. The number of aromatic hydroxyl groups is 1. The van der Waals surface area contributed by atoms with Crippen LogP contribution in [0.1, 0.15) is 11.6 Å². The largest absolute Gasteiger partial charge is 0.493 e. The maximum absolute atomic E-state index is 13.3. The molecular formula is C20H19F3N4O3S. The zero-order chi connectivity index (χ0) is 22.0. The Morgan fingerprint density at radius 3 is 2.52 bits per heavy atom. The number of aromatic nitrogens is 3. The average Bonchev–Trinajstić information content (AvgIpc) is 3.03. The van der Waals surface area contributed by atoms with Crippen LogP contribution in [0.4, 0.5) is 13.2 Å². The molecule has 7 nitrogen and oxygen atoms in total. The molecule has 3 aromatic rings. The number of halogens is 3. The second-order valence-corrected chi connectivity index (χ2v) is 8.03. The van der Waals surface area contributed by atoms with Gasteiger partial charge in [-0.05, 0) is 53.7 Å². The monoisotopic (exact) mass is 452 g/mol. The number of hydrogen-bond donors (Lipinski definition) is 2. The van der Waals surface area contributed by atoms with Gasteiger partial charge in [-0.2, -0.15) is 13.2 Å². The number of imidazole rings is 1. The summed E-state index contributed by atoms with van der Waals surface area (Å²) in [5, 5.41) is 13.7. The zero-order valence-corrected chi connectivity index (χ0v) is 16.9. The van der Waals surface area contributed by atoms with Crippen molar-refractivity contribution in [1.82, 2.24) is 19.4 Å². The Labute approximate surface area is 179 Å². The predicted molar refractivity (Wildman–Crippen MR) is 109 cm³/mol. The quantitative estimate of drug-likeness (QED) is 0.580. The molecule has 31 heavy (non-hydrogen) atoms. The van der Waals surface area contributed by atoms with Gasteiger partial charge in [0.25, 0.3) is 0 Å². The van der Waals surface area contributed by atoms with Crippen LogP contribution in [0.5, 0.6) is 5.88 Å². The highest BCUT2D eigenvalue weighted by Gasteiger charge is 2.31. The summed E-state index contributed by atoms with van der Waals surface area (Å²) in [5.74, 6) is -0.330. The van der Waals surface area contributed by atoms with Crippen LogP contribution in [0.25, 0.3) is 5.69 Å². The van der Waals surface area contributed by atoms with Gasteiger partial charge in [-0.3, -0.25) is 9.55 Å². The molecule has 0 spiro atoms. The third-order valence-electron chi connectivity index (χ3n) is 4.88. The van der Waals surface area contributed by atoms with Gasteiger partial charge in [0.15, 0.2) is 0 Å². The number of pyridine rings is 1. The van der Waals surface area contributed by atoms with Crippen molar-refractivity contribution in [2.24, 2.45) is 0 Å². The minimum Gasteiger partial charge on any atom is -0.493 e. The molecule has 164 valence electrons. The Hall–Kier alpha value is -2.76. The van der Waals surface area contributed by atoms with Crippen LogP contribution in [0, 0.1) is 0 Å². The number of rotatable bonds is 5. The summed E-state index contributed by atoms with van der Waals surface area (Å²) in [7, 11) is 0. The summed E-state index contributed by atoms with van der Waals surface area (Å²) in [6, 6.07) is 8.24. The number of alkyl halides is 3. The van der Waals surface area contributed by atoms with Crippen molar-refractivity contribution in [2.45, 2.75) is 22.5 Å². The molecule has 4 rings (SSSR count). The van der Waals surface area contributed by atoms with Gasteiger partial charge in [-0.25, -0.2) is 9.36 Å². The predicted octanol–water partition coefficient (Wildman–Crippen LogP) is 2.93. The molecule has 3 heterocycles. The molecule has 1 aliphatic heterocycles. The minimum absolute atomic E-state index is 0.0143. The second-order valence-electron chi connectivity index (χ2n) is 6.89. The van der Waals surface area contributed by atoms with Crippen LogP contribution in [-0.2, 0) is 4.74 Å². The van der Waals surface area contributed by atoms with E-state index < -0.39 is 17.2 Å². The van der Waals surface area contributed by atoms with Crippen LogP contribution in [0.15, 0.2) is 64.7 Å². The zero-order valence-electron chi connectivity index (χ0n) is 16.1. The van der Waals surface area contributed by atoms with Crippen molar-refractivity contribution in [3.63, 3.8) is 0 Å². The molecule has 2 aromatic heterocycles. The van der Waals surface area contributed by atoms with Gasteiger partial charge in [-0.15, -0.1) is 0 Å². The normalized spacial score (nSPS) is 18.1. The van der Waals surface area contributed by atoms with Gasteiger partial charge < -0.3 is 15.2 Å². The number of benzene rings is 1. The van der Waals surface area contributed by atoms with Crippen molar-refractivity contribution >= 4 is 11.8 Å². The van der Waals surface area contributed by atoms with Crippen molar-refractivity contribution < 1.29 is 23.0 Å². The second kappa shape index (κ2) is 8.77. The molecular weight excluding hydrogens is 433 g/mol. The Bertz CT molecular complexity index is 1080. The van der Waals surface area contributed by atoms with Gasteiger partial charge in [0.2, 0.25) is 5.88 Å². The van der Waals surface area contributed by atoms with Crippen molar-refractivity contribution in [3.8, 4) is 11.6 Å². The first-order chi connectivity index (χ1) is 14.8. The molecule has 0 bridgehead atoms. The fourth-order valence-corrected chi connectivity index (χ4v) is 4.13. The van der Waals surface area contributed by atoms with Gasteiger partial charge >= 0.3 is 11.2 Å². The van der Waals surface area contributed by atoms with Gasteiger partial charge in [0.05, 0.1) is 30.6 Å². The lowest BCUT2D eigenvalue weighted by molar-refractivity contribution is -0.0328.